The summed E-state index contributed by atoms with van der Waals surface area (Å²) in [5.74, 6) is -5.80. The van der Waals surface area contributed by atoms with Gasteiger partial charge in [0.1, 0.15) is 18.2 Å². The third-order valence-corrected chi connectivity index (χ3v) is 13.6. The fourth-order valence-corrected chi connectivity index (χ4v) is 9.22. The molecule has 2 saturated heterocycles. The highest BCUT2D eigenvalue weighted by atomic mass is 16.7. The van der Waals surface area contributed by atoms with Gasteiger partial charge in [0.2, 0.25) is 24.2 Å². The average molecular weight is 1230 g/mol. The molecular formula is C58H95N5O23. The van der Waals surface area contributed by atoms with Crippen LogP contribution in [0.2, 0.25) is 0 Å². The molecule has 4 heterocycles. The van der Waals surface area contributed by atoms with Crippen LogP contribution in [0.1, 0.15) is 130 Å². The molecule has 28 nitrogen and oxygen atoms in total. The summed E-state index contributed by atoms with van der Waals surface area (Å²) in [6.07, 6.45) is -2.75. The van der Waals surface area contributed by atoms with Gasteiger partial charge in [-0.3, -0.25) is 43.1 Å². The van der Waals surface area contributed by atoms with Crippen molar-refractivity contribution < 1.29 is 99.8 Å². The minimum absolute atomic E-state index is 0.0211. The van der Waals surface area contributed by atoms with Crippen molar-refractivity contribution in [2.45, 2.75) is 185 Å². The third-order valence-electron chi connectivity index (χ3n) is 13.6. The van der Waals surface area contributed by atoms with E-state index < -0.39 is 108 Å². The van der Waals surface area contributed by atoms with Crippen molar-refractivity contribution in [3.05, 3.63) is 44.9 Å². The van der Waals surface area contributed by atoms with Gasteiger partial charge in [-0.15, -0.1) is 0 Å². The Morgan fingerprint density at radius 1 is 0.640 bits per heavy atom. The van der Waals surface area contributed by atoms with E-state index in [4.69, 9.17) is 76.8 Å². The second-order valence-corrected chi connectivity index (χ2v) is 20.7. The number of unbranched alkanes of at least 4 members (excludes halogenated alkanes) is 6. The first-order valence-corrected chi connectivity index (χ1v) is 30.4. The lowest BCUT2D eigenvalue weighted by Crippen LogP contribution is -2.56. The summed E-state index contributed by atoms with van der Waals surface area (Å²) >= 11 is 0. The highest BCUT2D eigenvalue weighted by Gasteiger charge is 2.55. The lowest BCUT2D eigenvalue weighted by Gasteiger charge is -2.38. The molecule has 490 valence electrons. The van der Waals surface area contributed by atoms with Crippen LogP contribution in [0, 0.1) is 0 Å². The van der Waals surface area contributed by atoms with Gasteiger partial charge < -0.3 is 87.4 Å². The van der Waals surface area contributed by atoms with Gasteiger partial charge in [-0.2, -0.15) is 0 Å². The first-order chi connectivity index (χ1) is 41.7. The maximum absolute atomic E-state index is 14.3. The Hall–Kier alpha value is -5.40. The van der Waals surface area contributed by atoms with Crippen LogP contribution >= 0.6 is 0 Å². The Morgan fingerprint density at radius 2 is 1.15 bits per heavy atom. The van der Waals surface area contributed by atoms with Crippen LogP contribution in [0.4, 0.5) is 0 Å². The summed E-state index contributed by atoms with van der Waals surface area (Å²) in [5, 5.41) is 5.49. The summed E-state index contributed by atoms with van der Waals surface area (Å²) in [6, 6.07) is -0.182. The molecule has 0 bridgehead atoms. The van der Waals surface area contributed by atoms with Crippen molar-refractivity contribution in [3.63, 3.8) is 0 Å². The second-order valence-electron chi connectivity index (χ2n) is 20.7. The molecule has 3 amide bonds. The fraction of sp³-hybridized carbons (Fsp3) is 0.793. The summed E-state index contributed by atoms with van der Waals surface area (Å²) in [5.41, 5.74) is 4.38. The van der Waals surface area contributed by atoms with Gasteiger partial charge in [0.15, 0.2) is 30.3 Å². The highest BCUT2D eigenvalue weighted by Crippen LogP contribution is 2.37. The van der Waals surface area contributed by atoms with Crippen molar-refractivity contribution in [3.8, 4) is 0 Å². The molecule has 86 heavy (non-hydrogen) atoms. The van der Waals surface area contributed by atoms with Crippen LogP contribution in [0.15, 0.2) is 33.7 Å². The number of aromatic amines is 1. The zero-order valence-electron chi connectivity index (χ0n) is 50.8. The molecule has 4 rings (SSSR count). The van der Waals surface area contributed by atoms with Gasteiger partial charge in [-0.25, -0.2) is 4.79 Å². The number of methoxy groups -OCH3 is 1. The first-order valence-electron chi connectivity index (χ1n) is 30.4. The Balaban J connectivity index is 1.61. The normalized spacial score (nSPS) is 22.5. The summed E-state index contributed by atoms with van der Waals surface area (Å²) in [7, 11) is 1.22. The number of amides is 3. The van der Waals surface area contributed by atoms with Crippen LogP contribution in [-0.2, 0) is 99.8 Å². The number of primary amides is 1. The van der Waals surface area contributed by atoms with Crippen molar-refractivity contribution in [1.29, 1.82) is 0 Å². The molecular weight excluding hydrogens is 1130 g/mol. The van der Waals surface area contributed by atoms with E-state index in [0.29, 0.717) is 78.7 Å². The van der Waals surface area contributed by atoms with E-state index in [1.807, 2.05) is 20.8 Å². The van der Waals surface area contributed by atoms with Gasteiger partial charge >= 0.3 is 23.6 Å². The molecule has 0 aromatic carbocycles. The number of carbonyl (C=O) groups is 6. The first kappa shape index (κ1) is 73.1. The van der Waals surface area contributed by atoms with Crippen molar-refractivity contribution >= 4 is 35.6 Å². The topological polar surface area (TPSA) is 346 Å². The fourth-order valence-electron chi connectivity index (χ4n) is 9.22. The van der Waals surface area contributed by atoms with E-state index >= 15 is 0 Å². The van der Waals surface area contributed by atoms with E-state index in [0.717, 1.165) is 74.3 Å². The van der Waals surface area contributed by atoms with Gasteiger partial charge in [0, 0.05) is 51.1 Å². The maximum Gasteiger partial charge on any atom is 0.330 e. The number of nitrogens with one attached hydrogen (secondary N) is 3. The molecule has 0 aliphatic carbocycles. The summed E-state index contributed by atoms with van der Waals surface area (Å²) in [4.78, 5) is 110. The van der Waals surface area contributed by atoms with Gasteiger partial charge in [-0.1, -0.05) is 59.3 Å². The van der Waals surface area contributed by atoms with Crippen molar-refractivity contribution in [1.82, 2.24) is 20.2 Å². The number of hydrogen-bond acceptors (Lipinski definition) is 23. The van der Waals surface area contributed by atoms with Crippen LogP contribution in [0.3, 0.4) is 0 Å². The number of esters is 3. The molecule has 3 aliphatic heterocycles. The molecule has 28 heteroatoms. The second kappa shape index (κ2) is 43.3. The minimum Gasteiger partial charge on any atom is -0.455 e. The molecule has 1 unspecified atom stereocenters. The molecule has 2 fully saturated rings. The maximum atomic E-state index is 14.3. The van der Waals surface area contributed by atoms with Crippen LogP contribution in [0.25, 0.3) is 0 Å². The Labute approximate surface area is 503 Å². The number of nitrogens with zero attached hydrogens (tertiary/aromatic N) is 1. The predicted octanol–water partition coefficient (Wildman–Crippen LogP) is 2.34. The Morgan fingerprint density at radius 3 is 1.69 bits per heavy atom. The smallest absolute Gasteiger partial charge is 0.330 e. The third kappa shape index (κ3) is 27.7. The molecule has 0 saturated carbocycles. The highest BCUT2D eigenvalue weighted by molar-refractivity contribution is 5.96. The van der Waals surface area contributed by atoms with Crippen LogP contribution < -0.4 is 27.6 Å². The zero-order chi connectivity index (χ0) is 62.3. The largest absolute Gasteiger partial charge is 0.455 e. The van der Waals surface area contributed by atoms with Gasteiger partial charge in [-0.05, 0) is 45.4 Å². The average Bonchev–Trinajstić information content (AvgIpc) is 2.00. The predicted molar refractivity (Wildman–Crippen MR) is 305 cm³/mol. The molecule has 5 N–H and O–H groups in total. The Bertz CT molecular complexity index is 2290. The SMILES string of the molecule is CCCCCCCCCC(=O)O[C@@H]1[C@H](OC)[C@@H]([C@H](O[C@@H]2OC(C(=O)NC3CCC[C@@H](C)NC3=O)=C[C@H](OC(=O)CCOCCOCCOCCOCCC)[C@@H]2OC(=O)CCOCCOCCOCCOCCC)C(N)=O)O[C@H]1n1ccc(=O)[nH]c1=O. The van der Waals surface area contributed by atoms with Gasteiger partial charge in [0.25, 0.3) is 11.5 Å². The Kier molecular flexibility index (Phi) is 36.8. The lowest BCUT2D eigenvalue weighted by atomic mass is 10.0. The summed E-state index contributed by atoms with van der Waals surface area (Å²) in [6.45, 7) is 12.5. The summed E-state index contributed by atoms with van der Waals surface area (Å²) < 4.78 is 87.6. The molecule has 1 aromatic rings. The van der Waals surface area contributed by atoms with E-state index in [9.17, 15) is 38.4 Å². The monoisotopic (exact) mass is 1230 g/mol. The molecule has 0 radical (unpaired) electrons. The van der Waals surface area contributed by atoms with Crippen LogP contribution in [0.5, 0.6) is 0 Å². The quantitative estimate of drug-likeness (QED) is 0.0413. The number of ether oxygens (including phenoxy) is 15. The number of aromatic nitrogens is 2. The number of rotatable bonds is 47. The van der Waals surface area contributed by atoms with E-state index in [2.05, 4.69) is 22.5 Å². The van der Waals surface area contributed by atoms with Crippen molar-refractivity contribution in [2.75, 3.05) is 113 Å². The zero-order valence-corrected chi connectivity index (χ0v) is 50.8. The van der Waals surface area contributed by atoms with Crippen LogP contribution in [-0.4, -0.2) is 213 Å². The standard InChI is InChI=1S/C58H95N5O23/c1-6-9-10-11-12-13-14-18-45(65)84-52-49(72-5)50(85-56(52)63-22-19-44(64)62-58(63)71)51(53(59)68)86-57-48(83-47(67)21-26-76-30-34-80-38-36-78-32-28-74-24-8-3)42(39-43(82-57)55(70)61-41-17-15-16-40(4)60-54(41)69)81-46(66)20-25-75-29-33-79-37-35-77-31-27-73-23-7-2/h19,22,39-42,48-52,56-57H,6-18,20-21,23-38H2,1-5H3,(H2,59,68)(H,60,69)(H,61,70)(H,62,64,71)/t40-,41?,42+,48+,49-,50+,51+,52-,56-,57+/m1/s1. The molecule has 10 atom stereocenters. The van der Waals surface area contributed by atoms with E-state index in [1.54, 1.807) is 0 Å². The number of H-pyrrole nitrogens is 1. The minimum atomic E-state index is -2.06. The van der Waals surface area contributed by atoms with E-state index in [-0.39, 0.29) is 78.0 Å². The van der Waals surface area contributed by atoms with Crippen molar-refractivity contribution in [2.24, 2.45) is 5.73 Å². The molecule has 3 aliphatic rings. The number of carbonyl (C=O) groups excluding carboxylic acids is 6. The molecule has 1 aromatic heterocycles. The number of hydrogen-bond donors (Lipinski definition) is 4. The van der Waals surface area contributed by atoms with Gasteiger partial charge in [0.05, 0.1) is 105 Å². The number of nitrogens with two attached hydrogens (primary N) is 1. The molecule has 0 spiro atoms. The van der Waals surface area contributed by atoms with E-state index in [1.165, 1.54) is 7.11 Å². The lowest BCUT2D eigenvalue weighted by molar-refractivity contribution is -0.250.